The lowest BCUT2D eigenvalue weighted by Gasteiger charge is -1.91. The first-order valence-corrected chi connectivity index (χ1v) is 3.87. The van der Waals surface area contributed by atoms with Crippen molar-refractivity contribution in [2.75, 3.05) is 0 Å². The van der Waals surface area contributed by atoms with Crippen molar-refractivity contribution in [3.63, 3.8) is 0 Å². The van der Waals surface area contributed by atoms with E-state index in [1.54, 1.807) is 29.9 Å². The summed E-state index contributed by atoms with van der Waals surface area (Å²) < 4.78 is 1.61. The highest BCUT2D eigenvalue weighted by Gasteiger charge is 2.05. The van der Waals surface area contributed by atoms with Gasteiger partial charge < -0.3 is 9.67 Å². The third-order valence-corrected chi connectivity index (χ3v) is 1.99. The molecular weight excluding hydrogens is 176 g/mol. The van der Waals surface area contributed by atoms with E-state index in [0.717, 1.165) is 5.39 Å². The molecule has 2 heterocycles. The van der Waals surface area contributed by atoms with Crippen LogP contribution in [-0.2, 0) is 7.05 Å². The van der Waals surface area contributed by atoms with E-state index in [4.69, 9.17) is 11.6 Å². The van der Waals surface area contributed by atoms with Crippen molar-refractivity contribution in [1.29, 1.82) is 0 Å². The van der Waals surface area contributed by atoms with Crippen LogP contribution >= 0.6 is 11.6 Å². The minimum absolute atomic E-state index is 0.217. The van der Waals surface area contributed by atoms with Gasteiger partial charge in [0.05, 0.1) is 10.9 Å². The van der Waals surface area contributed by atoms with Gasteiger partial charge in [-0.05, 0) is 12.1 Å². The molecule has 62 valence electrons. The second-order valence-electron chi connectivity index (χ2n) is 2.63. The summed E-state index contributed by atoms with van der Waals surface area (Å²) in [5.74, 6) is 0.217. The molecule has 0 aliphatic rings. The Labute approximate surface area is 74.2 Å². The second kappa shape index (κ2) is 2.38. The fourth-order valence-electron chi connectivity index (χ4n) is 1.17. The summed E-state index contributed by atoms with van der Waals surface area (Å²) in [6.45, 7) is 0. The summed E-state index contributed by atoms with van der Waals surface area (Å²) in [7, 11) is 1.75. The summed E-state index contributed by atoms with van der Waals surface area (Å²) in [5.41, 5.74) is 0.711. The molecule has 0 radical (unpaired) electrons. The van der Waals surface area contributed by atoms with Gasteiger partial charge in [0.1, 0.15) is 5.15 Å². The normalized spacial score (nSPS) is 10.8. The minimum Gasteiger partial charge on any atom is -0.494 e. The molecule has 0 aliphatic heterocycles. The predicted molar refractivity (Wildman–Crippen MR) is 47.4 cm³/mol. The Morgan fingerprint density at radius 2 is 2.25 bits per heavy atom. The van der Waals surface area contributed by atoms with Crippen LogP contribution in [-0.4, -0.2) is 14.7 Å². The van der Waals surface area contributed by atoms with Gasteiger partial charge in [-0.3, -0.25) is 0 Å². The molecule has 0 fully saturated rings. The highest BCUT2D eigenvalue weighted by Crippen LogP contribution is 2.25. The molecule has 4 heteroatoms. The average molecular weight is 183 g/mol. The van der Waals surface area contributed by atoms with Crippen molar-refractivity contribution in [1.82, 2.24) is 9.55 Å². The zero-order chi connectivity index (χ0) is 8.72. The Morgan fingerprint density at radius 1 is 1.50 bits per heavy atom. The Hall–Kier alpha value is -1.22. The summed E-state index contributed by atoms with van der Waals surface area (Å²) >= 11 is 5.68. The smallest absolute Gasteiger partial charge is 0.200 e. The molecular formula is C8H7ClN2O. The number of nitrogens with zero attached hydrogens (tertiary/aromatic N) is 2. The molecule has 1 N–H and O–H groups in total. The molecule has 0 unspecified atom stereocenters. The van der Waals surface area contributed by atoms with Gasteiger partial charge in [0.15, 0.2) is 5.88 Å². The quantitative estimate of drug-likeness (QED) is 0.633. The number of hydrogen-bond acceptors (Lipinski definition) is 2. The Kier molecular flexibility index (Phi) is 1.48. The molecule has 0 aromatic carbocycles. The standard InChI is InChI=1S/C8H7ClN2O/c1-11-4-6-5(8(11)12)2-3-7(9)10-6/h2-4,12H,1H3. The summed E-state index contributed by atoms with van der Waals surface area (Å²) in [6.07, 6.45) is 1.73. The van der Waals surface area contributed by atoms with Crippen molar-refractivity contribution in [3.05, 3.63) is 23.5 Å². The molecule has 0 aliphatic carbocycles. The zero-order valence-electron chi connectivity index (χ0n) is 6.45. The SMILES string of the molecule is Cn1cc2nc(Cl)ccc2c1O. The van der Waals surface area contributed by atoms with Crippen LogP contribution in [0.3, 0.4) is 0 Å². The van der Waals surface area contributed by atoms with Crippen LogP contribution in [0.25, 0.3) is 10.9 Å². The second-order valence-corrected chi connectivity index (χ2v) is 3.02. The van der Waals surface area contributed by atoms with Crippen LogP contribution in [0, 0.1) is 0 Å². The van der Waals surface area contributed by atoms with Crippen LogP contribution in [0.1, 0.15) is 0 Å². The van der Waals surface area contributed by atoms with E-state index in [1.165, 1.54) is 0 Å². The van der Waals surface area contributed by atoms with Gasteiger partial charge in [0, 0.05) is 13.2 Å². The number of rotatable bonds is 0. The average Bonchev–Trinajstić information content (AvgIpc) is 2.28. The van der Waals surface area contributed by atoms with E-state index >= 15 is 0 Å². The third kappa shape index (κ3) is 0.940. The molecule has 0 atom stereocenters. The maximum absolute atomic E-state index is 9.47. The van der Waals surface area contributed by atoms with E-state index in [1.807, 2.05) is 0 Å². The van der Waals surface area contributed by atoms with Gasteiger partial charge in [-0.2, -0.15) is 0 Å². The summed E-state index contributed by atoms with van der Waals surface area (Å²) in [6, 6.07) is 3.41. The maximum Gasteiger partial charge on any atom is 0.200 e. The number of aromatic nitrogens is 2. The van der Waals surface area contributed by atoms with Gasteiger partial charge in [-0.1, -0.05) is 11.6 Å². The van der Waals surface area contributed by atoms with Crippen molar-refractivity contribution < 1.29 is 5.11 Å². The number of pyridine rings is 1. The Bertz CT molecular complexity index is 436. The zero-order valence-corrected chi connectivity index (χ0v) is 7.21. The van der Waals surface area contributed by atoms with Crippen molar-refractivity contribution in [2.24, 2.45) is 7.05 Å². The lowest BCUT2D eigenvalue weighted by Crippen LogP contribution is -1.80. The van der Waals surface area contributed by atoms with Gasteiger partial charge in [0.2, 0.25) is 0 Å². The largest absolute Gasteiger partial charge is 0.494 e. The highest BCUT2D eigenvalue weighted by atomic mass is 35.5. The highest BCUT2D eigenvalue weighted by molar-refractivity contribution is 6.29. The maximum atomic E-state index is 9.47. The predicted octanol–water partition coefficient (Wildman–Crippen LogP) is 1.93. The number of fused-ring (bicyclic) bond motifs is 1. The molecule has 0 saturated heterocycles. The first-order valence-electron chi connectivity index (χ1n) is 3.49. The summed E-state index contributed by atoms with van der Waals surface area (Å²) in [5, 5.41) is 10.6. The van der Waals surface area contributed by atoms with E-state index in [-0.39, 0.29) is 5.88 Å². The van der Waals surface area contributed by atoms with E-state index in [0.29, 0.717) is 10.7 Å². The van der Waals surface area contributed by atoms with Gasteiger partial charge in [-0.15, -0.1) is 0 Å². The molecule has 2 aromatic heterocycles. The summed E-state index contributed by atoms with van der Waals surface area (Å²) in [4.78, 5) is 4.04. The fourth-order valence-corrected chi connectivity index (χ4v) is 1.33. The number of hydrogen-bond donors (Lipinski definition) is 1. The molecule has 12 heavy (non-hydrogen) atoms. The molecule has 3 nitrogen and oxygen atoms in total. The minimum atomic E-state index is 0.217. The Morgan fingerprint density at radius 3 is 3.00 bits per heavy atom. The third-order valence-electron chi connectivity index (χ3n) is 1.78. The van der Waals surface area contributed by atoms with Crippen LogP contribution in [0.5, 0.6) is 5.88 Å². The molecule has 2 aromatic rings. The molecule has 0 amide bonds. The number of aryl methyl sites for hydroxylation is 1. The Balaban J connectivity index is 2.87. The van der Waals surface area contributed by atoms with E-state index in [9.17, 15) is 5.11 Å². The first-order chi connectivity index (χ1) is 5.68. The lowest BCUT2D eigenvalue weighted by molar-refractivity contribution is 0.438. The van der Waals surface area contributed by atoms with Crippen molar-refractivity contribution in [3.8, 4) is 5.88 Å². The van der Waals surface area contributed by atoms with E-state index in [2.05, 4.69) is 4.98 Å². The van der Waals surface area contributed by atoms with Crippen LogP contribution in [0.4, 0.5) is 0 Å². The molecule has 0 saturated carbocycles. The molecule has 2 rings (SSSR count). The van der Waals surface area contributed by atoms with Crippen molar-refractivity contribution >= 4 is 22.5 Å². The van der Waals surface area contributed by atoms with Crippen LogP contribution in [0.15, 0.2) is 18.3 Å². The van der Waals surface area contributed by atoms with Crippen molar-refractivity contribution in [2.45, 2.75) is 0 Å². The molecule has 0 spiro atoms. The topological polar surface area (TPSA) is 38.0 Å². The van der Waals surface area contributed by atoms with Gasteiger partial charge in [-0.25, -0.2) is 4.98 Å². The van der Waals surface area contributed by atoms with E-state index < -0.39 is 0 Å². The number of aromatic hydroxyl groups is 1. The van der Waals surface area contributed by atoms with Gasteiger partial charge in [0.25, 0.3) is 0 Å². The first kappa shape index (κ1) is 7.43. The monoisotopic (exact) mass is 182 g/mol. The van der Waals surface area contributed by atoms with Crippen LogP contribution < -0.4 is 0 Å². The number of halogens is 1. The van der Waals surface area contributed by atoms with Gasteiger partial charge >= 0.3 is 0 Å². The molecule has 0 bridgehead atoms. The lowest BCUT2D eigenvalue weighted by atomic mass is 10.3. The fraction of sp³-hybridized carbons (Fsp3) is 0.125. The van der Waals surface area contributed by atoms with Crippen LogP contribution in [0.2, 0.25) is 5.15 Å².